The molecule has 2 rings (SSSR count). The highest BCUT2D eigenvalue weighted by molar-refractivity contribution is 5.85. The Bertz CT molecular complexity index is 590. The molecule has 0 unspecified atom stereocenters. The number of aromatic amines is 1. The lowest BCUT2D eigenvalue weighted by molar-refractivity contribution is -0.122. The van der Waals surface area contributed by atoms with Gasteiger partial charge in [-0.25, -0.2) is 0 Å². The Balaban J connectivity index is 2.10. The second kappa shape index (κ2) is 5.08. The van der Waals surface area contributed by atoms with Gasteiger partial charge in [-0.2, -0.15) is 0 Å². The third kappa shape index (κ3) is 3.37. The van der Waals surface area contributed by atoms with Crippen LogP contribution in [0.25, 0.3) is 10.9 Å². The Hall–Kier alpha value is -1.77. The first-order chi connectivity index (χ1) is 8.87. The molecule has 1 aromatic heterocycles. The summed E-state index contributed by atoms with van der Waals surface area (Å²) in [5, 5.41) is 4.21. The molecule has 0 aliphatic carbocycles. The molecule has 3 nitrogen and oxygen atoms in total. The van der Waals surface area contributed by atoms with Crippen molar-refractivity contribution < 1.29 is 4.79 Å². The van der Waals surface area contributed by atoms with Gasteiger partial charge in [0.15, 0.2) is 0 Å². The number of aromatic nitrogens is 1. The van der Waals surface area contributed by atoms with Gasteiger partial charge in [0.1, 0.15) is 0 Å². The van der Waals surface area contributed by atoms with Crippen molar-refractivity contribution in [2.45, 2.75) is 40.7 Å². The molecular weight excluding hydrogens is 236 g/mol. The number of hydrogen-bond donors (Lipinski definition) is 2. The number of aryl methyl sites for hydroxylation is 1. The summed E-state index contributed by atoms with van der Waals surface area (Å²) in [5.41, 5.74) is 3.45. The zero-order valence-corrected chi connectivity index (χ0v) is 12.1. The molecule has 1 amide bonds. The van der Waals surface area contributed by atoms with Gasteiger partial charge in [-0.15, -0.1) is 0 Å². The van der Waals surface area contributed by atoms with Crippen LogP contribution < -0.4 is 5.32 Å². The fraction of sp³-hybridized carbons (Fsp3) is 0.438. The highest BCUT2D eigenvalue weighted by atomic mass is 16.1. The van der Waals surface area contributed by atoms with Crippen LogP contribution in [0.4, 0.5) is 0 Å². The van der Waals surface area contributed by atoms with Crippen LogP contribution in [-0.2, 0) is 11.3 Å². The maximum atomic E-state index is 11.9. The molecule has 1 heterocycles. The molecule has 19 heavy (non-hydrogen) atoms. The molecule has 102 valence electrons. The van der Waals surface area contributed by atoms with E-state index in [1.54, 1.807) is 0 Å². The standard InChI is InChI=1S/C16H22N2O/c1-11-13(10-17-15(19)9-16(2,3)4)12-7-5-6-8-14(12)18-11/h5-8,18H,9-10H2,1-4H3,(H,17,19). The zero-order chi connectivity index (χ0) is 14.0. The van der Waals surface area contributed by atoms with E-state index in [2.05, 4.69) is 43.2 Å². The highest BCUT2D eigenvalue weighted by Crippen LogP contribution is 2.22. The first-order valence-corrected chi connectivity index (χ1v) is 6.70. The van der Waals surface area contributed by atoms with Gasteiger partial charge in [0, 0.05) is 29.6 Å². The van der Waals surface area contributed by atoms with Gasteiger partial charge in [-0.1, -0.05) is 39.0 Å². The topological polar surface area (TPSA) is 44.9 Å². The average molecular weight is 258 g/mol. The van der Waals surface area contributed by atoms with Gasteiger partial charge in [0.05, 0.1) is 0 Å². The largest absolute Gasteiger partial charge is 0.358 e. The van der Waals surface area contributed by atoms with Gasteiger partial charge in [-0.3, -0.25) is 4.79 Å². The maximum absolute atomic E-state index is 11.9. The monoisotopic (exact) mass is 258 g/mol. The molecule has 0 radical (unpaired) electrons. The number of fused-ring (bicyclic) bond motifs is 1. The average Bonchev–Trinajstić information content (AvgIpc) is 2.60. The third-order valence-electron chi connectivity index (χ3n) is 3.18. The molecule has 2 aromatic rings. The molecule has 1 aromatic carbocycles. The van der Waals surface area contributed by atoms with Gasteiger partial charge >= 0.3 is 0 Å². The quantitative estimate of drug-likeness (QED) is 0.869. The Morgan fingerprint density at radius 3 is 2.63 bits per heavy atom. The predicted octanol–water partition coefficient (Wildman–Crippen LogP) is 3.53. The number of carbonyl (C=O) groups is 1. The Kier molecular flexibility index (Phi) is 3.65. The number of amides is 1. The zero-order valence-electron chi connectivity index (χ0n) is 12.1. The molecule has 0 bridgehead atoms. The van der Waals surface area contributed by atoms with Crippen molar-refractivity contribution in [1.82, 2.24) is 10.3 Å². The van der Waals surface area contributed by atoms with Gasteiger partial charge in [0.25, 0.3) is 0 Å². The number of carbonyl (C=O) groups excluding carboxylic acids is 1. The minimum Gasteiger partial charge on any atom is -0.358 e. The molecule has 0 aliphatic rings. The molecular formula is C16H22N2O. The fourth-order valence-corrected chi connectivity index (χ4v) is 2.29. The van der Waals surface area contributed by atoms with Crippen LogP contribution in [0.1, 0.15) is 38.4 Å². The van der Waals surface area contributed by atoms with Gasteiger partial charge < -0.3 is 10.3 Å². The number of H-pyrrole nitrogens is 1. The van der Waals surface area contributed by atoms with Crippen molar-refractivity contribution >= 4 is 16.8 Å². The summed E-state index contributed by atoms with van der Waals surface area (Å²) in [6.07, 6.45) is 0.550. The van der Waals surface area contributed by atoms with Crippen LogP contribution in [0.15, 0.2) is 24.3 Å². The minimum atomic E-state index is 0.0271. The molecule has 0 saturated carbocycles. The normalized spacial score (nSPS) is 11.8. The molecule has 0 spiro atoms. The summed E-state index contributed by atoms with van der Waals surface area (Å²) in [4.78, 5) is 15.2. The van der Waals surface area contributed by atoms with E-state index < -0.39 is 0 Å². The highest BCUT2D eigenvalue weighted by Gasteiger charge is 2.16. The van der Waals surface area contributed by atoms with Crippen LogP contribution in [0.3, 0.4) is 0 Å². The van der Waals surface area contributed by atoms with E-state index in [-0.39, 0.29) is 11.3 Å². The van der Waals surface area contributed by atoms with E-state index in [9.17, 15) is 4.79 Å². The molecule has 3 heteroatoms. The summed E-state index contributed by atoms with van der Waals surface area (Å²) in [7, 11) is 0. The minimum absolute atomic E-state index is 0.0271. The maximum Gasteiger partial charge on any atom is 0.220 e. The van der Waals surface area contributed by atoms with E-state index >= 15 is 0 Å². The van der Waals surface area contributed by atoms with E-state index in [4.69, 9.17) is 0 Å². The molecule has 0 saturated heterocycles. The van der Waals surface area contributed by atoms with Gasteiger partial charge in [0.2, 0.25) is 5.91 Å². The predicted molar refractivity (Wildman–Crippen MR) is 79.0 cm³/mol. The number of hydrogen-bond acceptors (Lipinski definition) is 1. The van der Waals surface area contributed by atoms with Crippen molar-refractivity contribution in [2.24, 2.45) is 5.41 Å². The molecule has 0 aliphatic heterocycles. The lowest BCUT2D eigenvalue weighted by Gasteiger charge is -2.17. The summed E-state index contributed by atoms with van der Waals surface area (Å²) < 4.78 is 0. The first-order valence-electron chi connectivity index (χ1n) is 6.70. The van der Waals surface area contributed by atoms with Crippen molar-refractivity contribution in [3.05, 3.63) is 35.5 Å². The molecule has 0 fully saturated rings. The smallest absolute Gasteiger partial charge is 0.220 e. The van der Waals surface area contributed by atoms with Crippen LogP contribution in [-0.4, -0.2) is 10.9 Å². The summed E-state index contributed by atoms with van der Waals surface area (Å²) in [6.45, 7) is 8.85. The Labute approximate surface area is 114 Å². The van der Waals surface area contributed by atoms with Crippen molar-refractivity contribution in [3.63, 3.8) is 0 Å². The van der Waals surface area contributed by atoms with E-state index in [0.29, 0.717) is 13.0 Å². The number of rotatable bonds is 3. The second-order valence-electron chi connectivity index (χ2n) is 6.29. The fourth-order valence-electron chi connectivity index (χ4n) is 2.29. The lowest BCUT2D eigenvalue weighted by atomic mass is 9.92. The van der Waals surface area contributed by atoms with Gasteiger partial charge in [-0.05, 0) is 24.0 Å². The Morgan fingerprint density at radius 1 is 1.26 bits per heavy atom. The van der Waals surface area contributed by atoms with Crippen LogP contribution >= 0.6 is 0 Å². The van der Waals surface area contributed by atoms with Crippen molar-refractivity contribution in [2.75, 3.05) is 0 Å². The van der Waals surface area contributed by atoms with Crippen molar-refractivity contribution in [3.8, 4) is 0 Å². The first kappa shape index (κ1) is 13.7. The van der Waals surface area contributed by atoms with Crippen molar-refractivity contribution in [1.29, 1.82) is 0 Å². The lowest BCUT2D eigenvalue weighted by Crippen LogP contribution is -2.27. The Morgan fingerprint density at radius 2 is 1.95 bits per heavy atom. The number of nitrogens with one attached hydrogen (secondary N) is 2. The van der Waals surface area contributed by atoms with E-state index in [1.165, 1.54) is 10.9 Å². The number of para-hydroxylation sites is 1. The van der Waals surface area contributed by atoms with E-state index in [0.717, 1.165) is 11.2 Å². The van der Waals surface area contributed by atoms with Crippen LogP contribution in [0.5, 0.6) is 0 Å². The second-order valence-corrected chi connectivity index (χ2v) is 6.29. The SMILES string of the molecule is Cc1[nH]c2ccccc2c1CNC(=O)CC(C)(C)C. The number of benzene rings is 1. The molecule has 0 atom stereocenters. The van der Waals surface area contributed by atoms with E-state index in [1.807, 2.05) is 19.1 Å². The molecule has 2 N–H and O–H groups in total. The van der Waals surface area contributed by atoms with Crippen LogP contribution in [0.2, 0.25) is 0 Å². The third-order valence-corrected chi connectivity index (χ3v) is 3.18. The summed E-state index contributed by atoms with van der Waals surface area (Å²) in [6, 6.07) is 8.18. The summed E-state index contributed by atoms with van der Waals surface area (Å²) >= 11 is 0. The van der Waals surface area contributed by atoms with Crippen LogP contribution in [0, 0.1) is 12.3 Å². The summed E-state index contributed by atoms with van der Waals surface area (Å²) in [5.74, 6) is 0.109.